The molecular formula is C23H28N4O3. The van der Waals surface area contributed by atoms with Crippen LogP contribution in [-0.2, 0) is 16.0 Å². The third-order valence-electron chi connectivity index (χ3n) is 5.63. The third kappa shape index (κ3) is 4.46. The molecule has 7 nitrogen and oxygen atoms in total. The summed E-state index contributed by atoms with van der Waals surface area (Å²) < 4.78 is 5.77. The van der Waals surface area contributed by atoms with Crippen LogP contribution in [0.15, 0.2) is 36.5 Å². The van der Waals surface area contributed by atoms with Crippen LogP contribution in [0, 0.1) is 0 Å². The fourth-order valence-corrected chi connectivity index (χ4v) is 4.11. The predicted molar refractivity (Wildman–Crippen MR) is 116 cm³/mol. The number of rotatable bonds is 4. The van der Waals surface area contributed by atoms with Crippen LogP contribution < -0.4 is 15.5 Å². The number of carbonyl (C=O) groups excluding carboxylic acids is 2. The number of benzene rings is 1. The van der Waals surface area contributed by atoms with Crippen molar-refractivity contribution in [3.63, 3.8) is 0 Å². The average Bonchev–Trinajstić information content (AvgIpc) is 2.72. The zero-order valence-corrected chi connectivity index (χ0v) is 17.6. The number of aryl methyl sites for hydroxylation is 1. The van der Waals surface area contributed by atoms with Crippen molar-refractivity contribution in [3.05, 3.63) is 53.2 Å². The van der Waals surface area contributed by atoms with Crippen LogP contribution in [-0.4, -0.2) is 42.1 Å². The highest BCUT2D eigenvalue weighted by atomic mass is 16.5. The van der Waals surface area contributed by atoms with Gasteiger partial charge in [0.2, 0.25) is 5.91 Å². The Morgan fingerprint density at radius 3 is 2.67 bits per heavy atom. The maximum absolute atomic E-state index is 12.7. The molecule has 2 aliphatic rings. The number of fused-ring (bicyclic) bond motifs is 1. The van der Waals surface area contributed by atoms with E-state index in [1.54, 1.807) is 6.20 Å². The van der Waals surface area contributed by atoms with Crippen molar-refractivity contribution in [2.75, 3.05) is 23.3 Å². The second-order valence-corrected chi connectivity index (χ2v) is 8.23. The Kier molecular flexibility index (Phi) is 5.72. The molecule has 7 heteroatoms. The minimum absolute atomic E-state index is 0.0496. The molecule has 0 spiro atoms. The fraction of sp³-hybridized carbons (Fsp3) is 0.435. The molecule has 0 bridgehead atoms. The quantitative estimate of drug-likeness (QED) is 0.812. The number of nitrogens with zero attached hydrogens (tertiary/aromatic N) is 2. The Labute approximate surface area is 176 Å². The summed E-state index contributed by atoms with van der Waals surface area (Å²) in [4.78, 5) is 30.9. The molecule has 2 amide bonds. The van der Waals surface area contributed by atoms with Crippen molar-refractivity contribution in [1.82, 2.24) is 10.3 Å². The van der Waals surface area contributed by atoms with Gasteiger partial charge in [-0.2, -0.15) is 0 Å². The van der Waals surface area contributed by atoms with Gasteiger partial charge in [-0.25, -0.2) is 4.98 Å². The summed E-state index contributed by atoms with van der Waals surface area (Å²) in [6.45, 7) is 7.65. The van der Waals surface area contributed by atoms with Crippen molar-refractivity contribution in [1.29, 1.82) is 0 Å². The van der Waals surface area contributed by atoms with E-state index in [1.807, 2.05) is 31.2 Å². The number of carbonyl (C=O) groups is 2. The number of anilines is 2. The Balaban J connectivity index is 1.40. The maximum Gasteiger partial charge on any atom is 0.253 e. The van der Waals surface area contributed by atoms with Gasteiger partial charge in [0, 0.05) is 31.4 Å². The summed E-state index contributed by atoms with van der Waals surface area (Å²) in [5.74, 6) is 0.753. The smallest absolute Gasteiger partial charge is 0.253 e. The first-order chi connectivity index (χ1) is 14.4. The number of amides is 2. The molecule has 30 heavy (non-hydrogen) atoms. The van der Waals surface area contributed by atoms with Gasteiger partial charge in [-0.15, -0.1) is 0 Å². The second kappa shape index (κ2) is 8.44. The summed E-state index contributed by atoms with van der Waals surface area (Å²) >= 11 is 0. The topological polar surface area (TPSA) is 83.6 Å². The summed E-state index contributed by atoms with van der Waals surface area (Å²) in [6, 6.07) is 9.47. The van der Waals surface area contributed by atoms with Crippen LogP contribution in [0.25, 0.3) is 0 Å². The number of ether oxygens (including phenoxy) is 1. The van der Waals surface area contributed by atoms with Gasteiger partial charge in [0.25, 0.3) is 5.91 Å². The molecule has 1 fully saturated rings. The highest BCUT2D eigenvalue weighted by molar-refractivity contribution is 5.95. The first-order valence-corrected chi connectivity index (χ1v) is 10.5. The Morgan fingerprint density at radius 1 is 1.20 bits per heavy atom. The third-order valence-corrected chi connectivity index (χ3v) is 5.63. The lowest BCUT2D eigenvalue weighted by Gasteiger charge is -2.36. The predicted octanol–water partition coefficient (Wildman–Crippen LogP) is 3.07. The Hall–Kier alpha value is -2.93. The van der Waals surface area contributed by atoms with Gasteiger partial charge in [-0.3, -0.25) is 9.59 Å². The van der Waals surface area contributed by atoms with E-state index in [1.165, 1.54) is 0 Å². The van der Waals surface area contributed by atoms with Gasteiger partial charge in [0.15, 0.2) is 0 Å². The lowest BCUT2D eigenvalue weighted by atomic mass is 9.97. The molecular weight excluding hydrogens is 380 g/mol. The van der Waals surface area contributed by atoms with E-state index in [2.05, 4.69) is 40.4 Å². The van der Waals surface area contributed by atoms with Gasteiger partial charge >= 0.3 is 0 Å². The molecule has 1 aromatic heterocycles. The fourth-order valence-electron chi connectivity index (χ4n) is 4.11. The van der Waals surface area contributed by atoms with E-state index in [-0.39, 0.29) is 30.1 Å². The molecule has 158 valence electrons. The molecule has 2 aromatic rings. The summed E-state index contributed by atoms with van der Waals surface area (Å²) in [6.07, 6.45) is 3.16. The molecule has 2 N–H and O–H groups in total. The van der Waals surface area contributed by atoms with Gasteiger partial charge in [-0.1, -0.05) is 12.1 Å². The van der Waals surface area contributed by atoms with Gasteiger partial charge in [0.1, 0.15) is 5.82 Å². The summed E-state index contributed by atoms with van der Waals surface area (Å²) in [7, 11) is 0. The second-order valence-electron chi connectivity index (χ2n) is 8.23. The van der Waals surface area contributed by atoms with E-state index in [0.717, 1.165) is 42.1 Å². The van der Waals surface area contributed by atoms with E-state index < -0.39 is 0 Å². The zero-order chi connectivity index (χ0) is 21.3. The van der Waals surface area contributed by atoms with Crippen LogP contribution in [0.3, 0.4) is 0 Å². The minimum Gasteiger partial charge on any atom is -0.372 e. The molecule has 3 atom stereocenters. The van der Waals surface area contributed by atoms with Gasteiger partial charge in [-0.05, 0) is 56.5 Å². The Bertz CT molecular complexity index is 934. The molecule has 0 aliphatic carbocycles. The number of hydrogen-bond donors (Lipinski definition) is 2. The molecule has 1 saturated heterocycles. The van der Waals surface area contributed by atoms with Crippen molar-refractivity contribution < 1.29 is 14.3 Å². The van der Waals surface area contributed by atoms with Crippen LogP contribution in [0.5, 0.6) is 0 Å². The number of hydrogen-bond acceptors (Lipinski definition) is 5. The molecule has 1 aromatic carbocycles. The average molecular weight is 409 g/mol. The lowest BCUT2D eigenvalue weighted by molar-refractivity contribution is -0.116. The number of pyridine rings is 1. The maximum atomic E-state index is 12.7. The Morgan fingerprint density at radius 2 is 1.97 bits per heavy atom. The lowest BCUT2D eigenvalue weighted by Crippen LogP contribution is -2.45. The minimum atomic E-state index is -0.156. The van der Waals surface area contributed by atoms with E-state index in [9.17, 15) is 9.59 Å². The van der Waals surface area contributed by atoms with Gasteiger partial charge in [0.05, 0.1) is 23.8 Å². The molecule has 0 saturated carbocycles. The highest BCUT2D eigenvalue weighted by Gasteiger charge is 2.23. The van der Waals surface area contributed by atoms with Crippen molar-refractivity contribution in [2.24, 2.45) is 0 Å². The number of morpholine rings is 1. The van der Waals surface area contributed by atoms with E-state index >= 15 is 0 Å². The normalized spacial score (nSPS) is 22.1. The zero-order valence-electron chi connectivity index (χ0n) is 17.6. The summed E-state index contributed by atoms with van der Waals surface area (Å²) in [5, 5.41) is 5.93. The van der Waals surface area contributed by atoms with Crippen molar-refractivity contribution in [3.8, 4) is 0 Å². The van der Waals surface area contributed by atoms with Crippen molar-refractivity contribution in [2.45, 2.75) is 51.9 Å². The van der Waals surface area contributed by atoms with Crippen LogP contribution in [0.2, 0.25) is 0 Å². The highest BCUT2D eigenvalue weighted by Crippen LogP contribution is 2.26. The van der Waals surface area contributed by atoms with Crippen molar-refractivity contribution >= 4 is 23.3 Å². The molecule has 3 heterocycles. The largest absolute Gasteiger partial charge is 0.372 e. The SMILES string of the molecule is C[C@@H]1CN(c2ccc(C(=O)N[C@H](C)c3ccc4c(c3)CCC(=O)N4)cn2)C[C@H](C)O1. The first-order valence-electron chi connectivity index (χ1n) is 10.5. The van der Waals surface area contributed by atoms with Crippen LogP contribution >= 0.6 is 0 Å². The molecule has 0 unspecified atom stereocenters. The van der Waals surface area contributed by atoms with Gasteiger partial charge < -0.3 is 20.3 Å². The summed E-state index contributed by atoms with van der Waals surface area (Å²) in [5.41, 5.74) is 3.51. The monoisotopic (exact) mass is 408 g/mol. The standard InChI is InChI=1S/C23H28N4O3/c1-14-12-27(13-15(2)30-14)21-8-5-19(11-24-21)23(29)25-16(3)17-4-7-20-18(10-17)6-9-22(28)26-20/h4-5,7-8,10-11,14-16H,6,9,12-13H2,1-3H3,(H,25,29)(H,26,28)/t14-,15+,16-/m1/s1. The molecule has 0 radical (unpaired) electrons. The molecule has 2 aliphatic heterocycles. The van der Waals surface area contributed by atoms with E-state index in [4.69, 9.17) is 4.74 Å². The van der Waals surface area contributed by atoms with Crippen LogP contribution in [0.1, 0.15) is 54.7 Å². The molecule has 4 rings (SSSR count). The number of nitrogens with one attached hydrogen (secondary N) is 2. The number of aromatic nitrogens is 1. The first kappa shape index (κ1) is 20.3. The van der Waals surface area contributed by atoms with E-state index in [0.29, 0.717) is 12.0 Å². The van der Waals surface area contributed by atoms with Crippen LogP contribution in [0.4, 0.5) is 11.5 Å².